The highest BCUT2D eigenvalue weighted by Gasteiger charge is 2.35. The van der Waals surface area contributed by atoms with Crippen molar-refractivity contribution in [2.75, 3.05) is 18.0 Å². The number of thiazole rings is 1. The summed E-state index contributed by atoms with van der Waals surface area (Å²) in [4.78, 5) is 8.44. The molecule has 1 aliphatic heterocycles. The zero-order valence-electron chi connectivity index (χ0n) is 13.6. The number of fused-ring (bicyclic) bond motifs is 1. The fourth-order valence-corrected chi connectivity index (χ4v) is 4.95. The van der Waals surface area contributed by atoms with Gasteiger partial charge in [-0.3, -0.25) is 0 Å². The smallest absolute Gasteiger partial charge is 0.185 e. The molecule has 3 nitrogen and oxygen atoms in total. The molecule has 0 spiro atoms. The summed E-state index contributed by atoms with van der Waals surface area (Å²) in [5.41, 5.74) is 1.32. The van der Waals surface area contributed by atoms with Gasteiger partial charge in [0, 0.05) is 13.1 Å². The second-order valence-electron chi connectivity index (χ2n) is 7.59. The van der Waals surface area contributed by atoms with E-state index in [1.807, 2.05) is 0 Å². The average Bonchev–Trinajstić information content (AvgIpc) is 2.82. The third kappa shape index (κ3) is 3.26. The number of aromatic nitrogens is 1. The lowest BCUT2D eigenvalue weighted by Crippen LogP contribution is -2.33. The van der Waals surface area contributed by atoms with E-state index >= 15 is 0 Å². The van der Waals surface area contributed by atoms with E-state index in [1.54, 1.807) is 11.3 Å². The number of rotatable bonds is 3. The van der Waals surface area contributed by atoms with Crippen molar-refractivity contribution in [3.8, 4) is 0 Å². The van der Waals surface area contributed by atoms with Gasteiger partial charge in [0.1, 0.15) is 0 Å². The Balaban J connectivity index is 1.71. The topological polar surface area (TPSA) is 36.4 Å². The molecule has 1 fully saturated rings. The SMILES string of the molecule is CCCC1CCN(c2nc3c(s2)C(O)CC(C)(C)C3)CC1. The minimum atomic E-state index is -0.312. The van der Waals surface area contributed by atoms with Crippen molar-refractivity contribution in [3.63, 3.8) is 0 Å². The van der Waals surface area contributed by atoms with Crippen molar-refractivity contribution in [2.24, 2.45) is 11.3 Å². The average molecular weight is 308 g/mol. The van der Waals surface area contributed by atoms with Crippen molar-refractivity contribution < 1.29 is 5.11 Å². The Kier molecular flexibility index (Phi) is 4.28. The lowest BCUT2D eigenvalue weighted by Gasteiger charge is -2.31. The fraction of sp³-hybridized carbons (Fsp3) is 0.824. The predicted molar refractivity (Wildman–Crippen MR) is 89.0 cm³/mol. The van der Waals surface area contributed by atoms with Gasteiger partial charge in [0.15, 0.2) is 5.13 Å². The predicted octanol–water partition coefficient (Wildman–Crippen LogP) is 4.17. The Morgan fingerprint density at radius 2 is 2.05 bits per heavy atom. The Bertz CT molecular complexity index is 489. The molecule has 2 heterocycles. The van der Waals surface area contributed by atoms with Gasteiger partial charge >= 0.3 is 0 Å². The van der Waals surface area contributed by atoms with Crippen molar-refractivity contribution >= 4 is 16.5 Å². The highest BCUT2D eigenvalue weighted by atomic mass is 32.1. The van der Waals surface area contributed by atoms with Gasteiger partial charge < -0.3 is 10.0 Å². The second kappa shape index (κ2) is 5.88. The molecule has 1 atom stereocenters. The summed E-state index contributed by atoms with van der Waals surface area (Å²) in [5, 5.41) is 11.5. The minimum absolute atomic E-state index is 0.172. The summed E-state index contributed by atoms with van der Waals surface area (Å²) in [7, 11) is 0. The lowest BCUT2D eigenvalue weighted by atomic mass is 9.77. The van der Waals surface area contributed by atoms with Crippen LogP contribution in [0.1, 0.15) is 69.6 Å². The molecule has 0 saturated carbocycles. The van der Waals surface area contributed by atoms with Gasteiger partial charge in [-0.15, -0.1) is 0 Å². The maximum Gasteiger partial charge on any atom is 0.185 e. The molecular formula is C17H28N2OS. The standard InChI is InChI=1S/C17H28N2OS/c1-4-5-12-6-8-19(9-7-12)16-18-13-10-17(2,3)11-14(20)15(13)21-16/h12,14,20H,4-11H2,1-3H3. The van der Waals surface area contributed by atoms with Crippen molar-refractivity contribution in [1.82, 2.24) is 4.98 Å². The second-order valence-corrected chi connectivity index (χ2v) is 8.60. The molecular weight excluding hydrogens is 280 g/mol. The van der Waals surface area contributed by atoms with Crippen LogP contribution in [0.2, 0.25) is 0 Å². The number of hydrogen-bond donors (Lipinski definition) is 1. The first kappa shape index (κ1) is 15.3. The van der Waals surface area contributed by atoms with Crippen LogP contribution in [0.25, 0.3) is 0 Å². The molecule has 0 radical (unpaired) electrons. The van der Waals surface area contributed by atoms with Gasteiger partial charge in [-0.05, 0) is 37.0 Å². The molecule has 1 aliphatic carbocycles. The van der Waals surface area contributed by atoms with Crippen LogP contribution in [0.5, 0.6) is 0 Å². The molecule has 1 aromatic rings. The maximum absolute atomic E-state index is 10.4. The summed E-state index contributed by atoms with van der Waals surface area (Å²) < 4.78 is 0. The quantitative estimate of drug-likeness (QED) is 0.910. The molecule has 0 amide bonds. The van der Waals surface area contributed by atoms with Crippen LogP contribution in [0.3, 0.4) is 0 Å². The van der Waals surface area contributed by atoms with Crippen molar-refractivity contribution in [1.29, 1.82) is 0 Å². The number of nitrogens with zero attached hydrogens (tertiary/aromatic N) is 2. The first-order chi connectivity index (χ1) is 9.98. The Hall–Kier alpha value is -0.610. The number of aliphatic hydroxyl groups excluding tert-OH is 1. The largest absolute Gasteiger partial charge is 0.387 e. The molecule has 21 heavy (non-hydrogen) atoms. The number of aliphatic hydroxyl groups is 1. The van der Waals surface area contributed by atoms with Gasteiger partial charge in [-0.2, -0.15) is 0 Å². The third-order valence-corrected chi connectivity index (χ3v) is 6.25. The van der Waals surface area contributed by atoms with E-state index in [9.17, 15) is 5.11 Å². The van der Waals surface area contributed by atoms with E-state index in [-0.39, 0.29) is 11.5 Å². The van der Waals surface area contributed by atoms with E-state index in [4.69, 9.17) is 4.98 Å². The van der Waals surface area contributed by atoms with Crippen LogP contribution in [0, 0.1) is 11.3 Å². The summed E-state index contributed by atoms with van der Waals surface area (Å²) >= 11 is 1.73. The summed E-state index contributed by atoms with van der Waals surface area (Å²) in [6.45, 7) is 9.01. The van der Waals surface area contributed by atoms with E-state index < -0.39 is 0 Å². The van der Waals surface area contributed by atoms with Crippen LogP contribution < -0.4 is 4.90 Å². The zero-order chi connectivity index (χ0) is 15.0. The monoisotopic (exact) mass is 308 g/mol. The zero-order valence-corrected chi connectivity index (χ0v) is 14.4. The van der Waals surface area contributed by atoms with Gasteiger partial charge in [-0.1, -0.05) is 44.9 Å². The van der Waals surface area contributed by atoms with E-state index in [0.717, 1.165) is 47.6 Å². The van der Waals surface area contributed by atoms with Gasteiger partial charge in [0.2, 0.25) is 0 Å². The Morgan fingerprint density at radius 3 is 2.71 bits per heavy atom. The van der Waals surface area contributed by atoms with Crippen LogP contribution in [0.15, 0.2) is 0 Å². The van der Waals surface area contributed by atoms with Crippen molar-refractivity contribution in [2.45, 2.75) is 65.4 Å². The molecule has 2 aliphatic rings. The van der Waals surface area contributed by atoms with Crippen LogP contribution in [0.4, 0.5) is 5.13 Å². The van der Waals surface area contributed by atoms with E-state index in [1.165, 1.54) is 25.7 Å². The number of hydrogen-bond acceptors (Lipinski definition) is 4. The Labute approximate surface area is 132 Å². The van der Waals surface area contributed by atoms with Crippen LogP contribution >= 0.6 is 11.3 Å². The van der Waals surface area contributed by atoms with Gasteiger partial charge in [0.05, 0.1) is 16.7 Å². The normalized spacial score (nSPS) is 25.9. The lowest BCUT2D eigenvalue weighted by molar-refractivity contribution is 0.102. The molecule has 118 valence electrons. The molecule has 1 aromatic heterocycles. The van der Waals surface area contributed by atoms with Crippen LogP contribution in [-0.4, -0.2) is 23.2 Å². The molecule has 1 saturated heterocycles. The summed E-state index contributed by atoms with van der Waals surface area (Å²) in [6, 6.07) is 0. The van der Waals surface area contributed by atoms with Gasteiger partial charge in [-0.25, -0.2) is 4.98 Å². The number of piperidine rings is 1. The van der Waals surface area contributed by atoms with Crippen LogP contribution in [-0.2, 0) is 6.42 Å². The fourth-order valence-electron chi connectivity index (χ4n) is 3.84. The molecule has 1 unspecified atom stereocenters. The van der Waals surface area contributed by atoms with Gasteiger partial charge in [0.25, 0.3) is 0 Å². The first-order valence-electron chi connectivity index (χ1n) is 8.41. The maximum atomic E-state index is 10.4. The van der Waals surface area contributed by atoms with Crippen molar-refractivity contribution in [3.05, 3.63) is 10.6 Å². The minimum Gasteiger partial charge on any atom is -0.387 e. The molecule has 1 N–H and O–H groups in total. The number of anilines is 1. The van der Waals surface area contributed by atoms with E-state index in [0.29, 0.717) is 0 Å². The molecule has 0 bridgehead atoms. The molecule has 4 heteroatoms. The molecule has 0 aromatic carbocycles. The Morgan fingerprint density at radius 1 is 1.33 bits per heavy atom. The third-order valence-electron chi connectivity index (χ3n) is 4.99. The molecule has 3 rings (SSSR count). The highest BCUT2D eigenvalue weighted by Crippen LogP contribution is 2.45. The summed E-state index contributed by atoms with van der Waals surface area (Å²) in [6.07, 6.45) is 6.82. The first-order valence-corrected chi connectivity index (χ1v) is 9.23. The summed E-state index contributed by atoms with van der Waals surface area (Å²) in [5.74, 6) is 0.908. The highest BCUT2D eigenvalue weighted by molar-refractivity contribution is 7.15. The van der Waals surface area contributed by atoms with E-state index in [2.05, 4.69) is 25.7 Å².